The van der Waals surface area contributed by atoms with E-state index in [4.69, 9.17) is 9.47 Å². The van der Waals surface area contributed by atoms with Crippen molar-refractivity contribution in [3.63, 3.8) is 0 Å². The van der Waals surface area contributed by atoms with Gasteiger partial charge < -0.3 is 19.3 Å². The number of methoxy groups -OCH3 is 2. The summed E-state index contributed by atoms with van der Waals surface area (Å²) in [6.45, 7) is 8.94. The number of aryl methyl sites for hydroxylation is 4. The lowest BCUT2D eigenvalue weighted by Gasteiger charge is -2.26. The topological polar surface area (TPSA) is 59.1 Å². The van der Waals surface area contributed by atoms with Crippen LogP contribution in [0.2, 0.25) is 0 Å². The summed E-state index contributed by atoms with van der Waals surface area (Å²) >= 11 is 0. The molecule has 2 amide bonds. The van der Waals surface area contributed by atoms with E-state index in [1.165, 1.54) is 0 Å². The Kier molecular flexibility index (Phi) is 8.18. The van der Waals surface area contributed by atoms with Gasteiger partial charge in [0.15, 0.2) is 0 Å². The number of benzene rings is 6. The fourth-order valence-corrected chi connectivity index (χ4v) is 7.98. The van der Waals surface area contributed by atoms with Crippen molar-refractivity contribution in [3.8, 4) is 11.5 Å². The van der Waals surface area contributed by atoms with Crippen molar-refractivity contribution in [2.24, 2.45) is 0 Å². The van der Waals surface area contributed by atoms with Crippen LogP contribution >= 0.6 is 0 Å². The van der Waals surface area contributed by atoms with Crippen LogP contribution in [0.5, 0.6) is 11.5 Å². The Morgan fingerprint density at radius 2 is 0.788 bits per heavy atom. The molecule has 6 nitrogen and oxygen atoms in total. The van der Waals surface area contributed by atoms with Crippen LogP contribution in [0.25, 0.3) is 32.9 Å². The summed E-state index contributed by atoms with van der Waals surface area (Å²) in [7, 11) is 3.31. The molecule has 0 spiro atoms. The van der Waals surface area contributed by atoms with Gasteiger partial charge in [-0.3, -0.25) is 9.59 Å². The predicted octanol–water partition coefficient (Wildman–Crippen LogP) is 9.45. The molecule has 0 N–H and O–H groups in total. The zero-order chi connectivity index (χ0) is 36.3. The monoisotopic (exact) mass is 684 g/mol. The molecule has 0 atom stereocenters. The third-order valence-electron chi connectivity index (χ3n) is 10.1. The number of fused-ring (bicyclic) bond motifs is 3. The van der Waals surface area contributed by atoms with Gasteiger partial charge in [0, 0.05) is 0 Å². The van der Waals surface area contributed by atoms with Crippen LogP contribution in [0.1, 0.15) is 44.5 Å². The van der Waals surface area contributed by atoms with Gasteiger partial charge in [0.25, 0.3) is 11.8 Å². The third-order valence-corrected chi connectivity index (χ3v) is 10.1. The Labute approximate surface area is 304 Å². The van der Waals surface area contributed by atoms with E-state index >= 15 is 9.59 Å². The number of carbonyl (C=O) groups excluding carboxylic acids is 2. The first-order valence-electron chi connectivity index (χ1n) is 17.5. The largest absolute Gasteiger partial charge is 0.497 e. The molecule has 6 aromatic carbocycles. The minimum Gasteiger partial charge on any atom is -0.497 e. The molecule has 0 bridgehead atoms. The van der Waals surface area contributed by atoms with E-state index in [-0.39, 0.29) is 11.8 Å². The summed E-state index contributed by atoms with van der Waals surface area (Å²) in [5.74, 6) is 1.18. The molecule has 0 aromatic heterocycles. The molecule has 0 aliphatic carbocycles. The summed E-state index contributed by atoms with van der Waals surface area (Å²) in [6, 6.07) is 36.9. The molecule has 0 saturated heterocycles. The quantitative estimate of drug-likeness (QED) is 0.160. The summed E-state index contributed by atoms with van der Waals surface area (Å²) in [5, 5.41) is 4.00. The summed E-state index contributed by atoms with van der Waals surface area (Å²) in [6.07, 6.45) is 0. The van der Waals surface area contributed by atoms with Gasteiger partial charge in [0.2, 0.25) is 0 Å². The number of hydrogen-bond acceptors (Lipinski definition) is 4. The second-order valence-electron chi connectivity index (χ2n) is 14.1. The van der Waals surface area contributed by atoms with Crippen LogP contribution in [0.3, 0.4) is 0 Å². The minimum absolute atomic E-state index is 0.180. The van der Waals surface area contributed by atoms with Gasteiger partial charge in [-0.1, -0.05) is 95.1 Å². The normalized spacial score (nSPS) is 14.3. The van der Waals surface area contributed by atoms with E-state index in [9.17, 15) is 0 Å². The first kappa shape index (κ1) is 33.0. The minimum atomic E-state index is -0.180. The molecular formula is C46H40N2O4. The summed E-state index contributed by atoms with van der Waals surface area (Å²) in [5.41, 5.74) is 10.3. The fraction of sp³-hybridized carbons (Fsp3) is 0.174. The molecular weight excluding hydrogens is 645 g/mol. The summed E-state index contributed by atoms with van der Waals surface area (Å²) in [4.78, 5) is 33.8. The highest BCUT2D eigenvalue weighted by atomic mass is 16.5. The number of amides is 2. The average molecular weight is 685 g/mol. The van der Waals surface area contributed by atoms with Crippen molar-refractivity contribution in [3.05, 3.63) is 165 Å². The molecule has 0 unspecified atom stereocenters. The van der Waals surface area contributed by atoms with Crippen molar-refractivity contribution in [1.82, 2.24) is 9.80 Å². The van der Waals surface area contributed by atoms with Crippen molar-refractivity contribution in [2.45, 2.75) is 40.8 Å². The lowest BCUT2D eigenvalue weighted by Crippen LogP contribution is -2.29. The predicted molar refractivity (Wildman–Crippen MR) is 208 cm³/mol. The van der Waals surface area contributed by atoms with Crippen molar-refractivity contribution in [1.29, 1.82) is 0 Å². The molecule has 0 radical (unpaired) electrons. The highest BCUT2D eigenvalue weighted by Crippen LogP contribution is 2.48. The standard InChI is InChI=1S/C46H40N2O4/c1-27-15-28(2)18-31(17-27)25-47-43(37-9-7-35-23-39(51-5)13-11-33(35)21-37)41-42(45(47)49)44(38-10-8-36-24-40(52-6)14-12-34(36)22-38)48(46(41)50)26-32-19-29(3)16-30(4)20-32/h7-24H,25-26H2,1-6H3. The van der Waals surface area contributed by atoms with Gasteiger partial charge >= 0.3 is 0 Å². The van der Waals surface area contributed by atoms with Gasteiger partial charge in [-0.25, -0.2) is 0 Å². The Bertz CT molecular complexity index is 2330. The average Bonchev–Trinajstić information content (AvgIpc) is 3.55. The summed E-state index contributed by atoms with van der Waals surface area (Å²) < 4.78 is 11.0. The zero-order valence-corrected chi connectivity index (χ0v) is 30.3. The molecule has 0 fully saturated rings. The lowest BCUT2D eigenvalue weighted by atomic mass is 9.99. The number of carbonyl (C=O) groups is 2. The Morgan fingerprint density at radius 1 is 0.442 bits per heavy atom. The Morgan fingerprint density at radius 3 is 1.15 bits per heavy atom. The Hall–Kier alpha value is -6.14. The second-order valence-corrected chi connectivity index (χ2v) is 14.1. The maximum atomic E-state index is 15.1. The molecule has 2 aliphatic rings. The van der Waals surface area contributed by atoms with Crippen LogP contribution in [-0.4, -0.2) is 35.8 Å². The van der Waals surface area contributed by atoms with E-state index in [2.05, 4.69) is 76.2 Å². The molecule has 2 aliphatic heterocycles. The van der Waals surface area contributed by atoms with Crippen molar-refractivity contribution < 1.29 is 19.1 Å². The zero-order valence-electron chi connectivity index (χ0n) is 30.3. The number of hydrogen-bond donors (Lipinski definition) is 0. The van der Waals surface area contributed by atoms with Gasteiger partial charge in [0.05, 0.1) is 49.8 Å². The highest BCUT2D eigenvalue weighted by Gasteiger charge is 2.49. The smallest absolute Gasteiger partial charge is 0.261 e. The van der Waals surface area contributed by atoms with Crippen LogP contribution in [0, 0.1) is 27.7 Å². The second kappa shape index (κ2) is 12.9. The lowest BCUT2D eigenvalue weighted by molar-refractivity contribution is -0.124. The first-order chi connectivity index (χ1) is 25.1. The van der Waals surface area contributed by atoms with Crippen LogP contribution < -0.4 is 9.47 Å². The molecule has 258 valence electrons. The van der Waals surface area contributed by atoms with E-state index in [0.29, 0.717) is 35.6 Å². The van der Waals surface area contributed by atoms with Crippen molar-refractivity contribution in [2.75, 3.05) is 14.2 Å². The molecule has 6 heteroatoms. The number of rotatable bonds is 8. The van der Waals surface area contributed by atoms with Gasteiger partial charge in [-0.2, -0.15) is 0 Å². The number of ether oxygens (including phenoxy) is 2. The van der Waals surface area contributed by atoms with Gasteiger partial charge in [-0.15, -0.1) is 0 Å². The maximum absolute atomic E-state index is 15.1. The third kappa shape index (κ3) is 5.80. The fourth-order valence-electron chi connectivity index (χ4n) is 7.98. The van der Waals surface area contributed by atoms with E-state index < -0.39 is 0 Å². The highest BCUT2D eigenvalue weighted by molar-refractivity contribution is 6.30. The van der Waals surface area contributed by atoms with Crippen LogP contribution in [0.4, 0.5) is 0 Å². The molecule has 2 heterocycles. The van der Waals surface area contributed by atoms with Crippen LogP contribution in [-0.2, 0) is 22.7 Å². The van der Waals surface area contributed by atoms with Gasteiger partial charge in [-0.05, 0) is 108 Å². The van der Waals surface area contributed by atoms with E-state index in [0.717, 1.165) is 77.6 Å². The molecule has 8 rings (SSSR count). The molecule has 6 aromatic rings. The Balaban J connectivity index is 1.37. The first-order valence-corrected chi connectivity index (χ1v) is 17.5. The molecule has 0 saturated carbocycles. The SMILES string of the molecule is COc1ccc2cc(C3=C4C(=O)N(Cc5cc(C)cc(C)c5)C(c5ccc6cc(OC)ccc6c5)=C4C(=O)N3Cc3cc(C)cc(C)c3)ccc2c1. The van der Waals surface area contributed by atoms with E-state index in [1.54, 1.807) is 14.2 Å². The molecule has 52 heavy (non-hydrogen) atoms. The van der Waals surface area contributed by atoms with Gasteiger partial charge in [0.1, 0.15) is 11.5 Å². The van der Waals surface area contributed by atoms with Crippen LogP contribution in [0.15, 0.2) is 120 Å². The van der Waals surface area contributed by atoms with Crippen molar-refractivity contribution >= 4 is 44.8 Å². The maximum Gasteiger partial charge on any atom is 0.261 e. The number of nitrogens with zero attached hydrogens (tertiary/aromatic N) is 2. The van der Waals surface area contributed by atoms with E-state index in [1.807, 2.05) is 70.5 Å².